The van der Waals surface area contributed by atoms with Gasteiger partial charge in [0.25, 0.3) is 0 Å². The van der Waals surface area contributed by atoms with E-state index in [-0.39, 0.29) is 11.6 Å². The molecule has 160 valence electrons. The standard InChI is InChI=1S/C21H25N3O5S/c1-13(2)23-21(30)24-22-12-14-6-8-16(9-7-14)29-20(25)15-10-17(26-3)19(28-5)18(11-15)27-4/h6-13H,1-5H3,(H2,23,24,30). The fraction of sp³-hybridized carbons (Fsp3) is 0.286. The van der Waals surface area contributed by atoms with Gasteiger partial charge >= 0.3 is 5.97 Å². The number of hydrazone groups is 1. The molecule has 0 unspecified atom stereocenters. The lowest BCUT2D eigenvalue weighted by atomic mass is 10.2. The van der Waals surface area contributed by atoms with E-state index in [9.17, 15) is 4.79 Å². The quantitative estimate of drug-likeness (QED) is 0.217. The molecule has 0 spiro atoms. The smallest absolute Gasteiger partial charge is 0.343 e. The molecule has 0 fully saturated rings. The number of esters is 1. The summed E-state index contributed by atoms with van der Waals surface area (Å²) in [6, 6.07) is 10.2. The average molecular weight is 432 g/mol. The Bertz CT molecular complexity index is 888. The highest BCUT2D eigenvalue weighted by Crippen LogP contribution is 2.38. The molecule has 9 heteroatoms. The lowest BCUT2D eigenvalue weighted by Crippen LogP contribution is -2.36. The largest absolute Gasteiger partial charge is 0.493 e. The van der Waals surface area contributed by atoms with E-state index in [4.69, 9.17) is 31.2 Å². The van der Waals surface area contributed by atoms with Crippen molar-refractivity contribution in [3.8, 4) is 23.0 Å². The van der Waals surface area contributed by atoms with Gasteiger partial charge in [0.1, 0.15) is 5.75 Å². The van der Waals surface area contributed by atoms with E-state index in [1.165, 1.54) is 33.5 Å². The van der Waals surface area contributed by atoms with E-state index in [0.717, 1.165) is 5.56 Å². The first kappa shape index (κ1) is 23.0. The number of nitrogens with one attached hydrogen (secondary N) is 2. The lowest BCUT2D eigenvalue weighted by Gasteiger charge is -2.13. The molecule has 0 aliphatic carbocycles. The molecule has 0 atom stereocenters. The minimum absolute atomic E-state index is 0.222. The van der Waals surface area contributed by atoms with Gasteiger partial charge < -0.3 is 24.3 Å². The van der Waals surface area contributed by atoms with Crippen LogP contribution in [0.5, 0.6) is 23.0 Å². The summed E-state index contributed by atoms with van der Waals surface area (Å²) < 4.78 is 21.2. The first-order valence-electron chi connectivity index (χ1n) is 9.09. The summed E-state index contributed by atoms with van der Waals surface area (Å²) in [6.45, 7) is 3.96. The van der Waals surface area contributed by atoms with Crippen LogP contribution in [-0.2, 0) is 0 Å². The van der Waals surface area contributed by atoms with Crippen molar-refractivity contribution in [2.45, 2.75) is 19.9 Å². The van der Waals surface area contributed by atoms with Crippen LogP contribution in [0.15, 0.2) is 41.5 Å². The van der Waals surface area contributed by atoms with Gasteiger partial charge in [-0.2, -0.15) is 5.10 Å². The van der Waals surface area contributed by atoms with Gasteiger partial charge in [-0.15, -0.1) is 0 Å². The molecule has 2 N–H and O–H groups in total. The van der Waals surface area contributed by atoms with Crippen molar-refractivity contribution in [1.29, 1.82) is 0 Å². The Kier molecular flexibility index (Phi) is 8.42. The summed E-state index contributed by atoms with van der Waals surface area (Å²) in [5, 5.41) is 7.53. The van der Waals surface area contributed by atoms with Crippen LogP contribution in [0.4, 0.5) is 0 Å². The third kappa shape index (κ3) is 6.35. The minimum atomic E-state index is -0.553. The molecule has 0 saturated carbocycles. The summed E-state index contributed by atoms with van der Waals surface area (Å²) in [6.07, 6.45) is 1.61. The predicted molar refractivity (Wildman–Crippen MR) is 119 cm³/mol. The van der Waals surface area contributed by atoms with Crippen LogP contribution >= 0.6 is 12.2 Å². The van der Waals surface area contributed by atoms with Crippen molar-refractivity contribution < 1.29 is 23.7 Å². The normalized spacial score (nSPS) is 10.6. The number of carbonyl (C=O) groups excluding carboxylic acids is 1. The highest BCUT2D eigenvalue weighted by molar-refractivity contribution is 7.80. The van der Waals surface area contributed by atoms with Gasteiger partial charge in [0.2, 0.25) is 5.75 Å². The number of rotatable bonds is 8. The third-order valence-electron chi connectivity index (χ3n) is 3.79. The maximum absolute atomic E-state index is 12.5. The van der Waals surface area contributed by atoms with Crippen molar-refractivity contribution in [3.63, 3.8) is 0 Å². The SMILES string of the molecule is COc1cc(C(=O)Oc2ccc(C=NNC(=S)NC(C)C)cc2)cc(OC)c1OC. The Morgan fingerprint density at radius 1 is 1.03 bits per heavy atom. The van der Waals surface area contributed by atoms with Crippen LogP contribution < -0.4 is 29.7 Å². The first-order chi connectivity index (χ1) is 14.4. The van der Waals surface area contributed by atoms with Crippen LogP contribution in [0.25, 0.3) is 0 Å². The molecule has 0 heterocycles. The van der Waals surface area contributed by atoms with Gasteiger partial charge in [0, 0.05) is 6.04 Å². The highest BCUT2D eigenvalue weighted by atomic mass is 32.1. The molecule has 0 aliphatic rings. The number of benzene rings is 2. The molecule has 8 nitrogen and oxygen atoms in total. The van der Waals surface area contributed by atoms with Gasteiger partial charge in [-0.3, -0.25) is 5.43 Å². The average Bonchev–Trinajstić information content (AvgIpc) is 2.73. The number of nitrogens with zero attached hydrogens (tertiary/aromatic N) is 1. The van der Waals surface area contributed by atoms with Crippen LogP contribution in [0.1, 0.15) is 29.8 Å². The molecule has 0 amide bonds. The van der Waals surface area contributed by atoms with Gasteiger partial charge in [0.05, 0.1) is 33.1 Å². The molecule has 2 aromatic rings. The zero-order valence-corrected chi connectivity index (χ0v) is 18.3. The van der Waals surface area contributed by atoms with E-state index in [1.54, 1.807) is 30.5 Å². The van der Waals surface area contributed by atoms with Gasteiger partial charge in [-0.05, 0) is 68.0 Å². The van der Waals surface area contributed by atoms with Crippen molar-refractivity contribution in [2.75, 3.05) is 21.3 Å². The van der Waals surface area contributed by atoms with Crippen LogP contribution in [0.3, 0.4) is 0 Å². The van der Waals surface area contributed by atoms with Crippen molar-refractivity contribution in [2.24, 2.45) is 5.10 Å². The number of thiocarbonyl (C=S) groups is 1. The number of methoxy groups -OCH3 is 3. The van der Waals surface area contributed by atoms with Crippen molar-refractivity contribution >= 4 is 29.5 Å². The topological polar surface area (TPSA) is 90.4 Å². The van der Waals surface area contributed by atoms with E-state index in [0.29, 0.717) is 28.1 Å². The predicted octanol–water partition coefficient (Wildman–Crippen LogP) is 3.14. The maximum atomic E-state index is 12.5. The molecule has 0 saturated heterocycles. The summed E-state index contributed by atoms with van der Waals surface area (Å²) >= 11 is 5.09. The molecule has 2 aromatic carbocycles. The zero-order valence-electron chi connectivity index (χ0n) is 17.5. The van der Waals surface area contributed by atoms with Crippen LogP contribution in [0, 0.1) is 0 Å². The Labute approximate surface area is 181 Å². The summed E-state index contributed by atoms with van der Waals surface area (Å²) in [7, 11) is 4.45. The minimum Gasteiger partial charge on any atom is -0.493 e. The molecule has 0 aliphatic heterocycles. The third-order valence-corrected chi connectivity index (χ3v) is 4.00. The Morgan fingerprint density at radius 2 is 1.63 bits per heavy atom. The molecule has 0 radical (unpaired) electrons. The second-order valence-electron chi connectivity index (χ2n) is 6.37. The highest BCUT2D eigenvalue weighted by Gasteiger charge is 2.18. The maximum Gasteiger partial charge on any atom is 0.343 e. The fourth-order valence-electron chi connectivity index (χ4n) is 2.45. The first-order valence-corrected chi connectivity index (χ1v) is 9.50. The summed E-state index contributed by atoms with van der Waals surface area (Å²) in [4.78, 5) is 12.5. The Hall–Kier alpha value is -3.33. The van der Waals surface area contributed by atoms with Crippen molar-refractivity contribution in [1.82, 2.24) is 10.7 Å². The number of ether oxygens (including phenoxy) is 4. The molecule has 2 rings (SSSR count). The number of hydrogen-bond donors (Lipinski definition) is 2. The van der Waals surface area contributed by atoms with Crippen LogP contribution in [0.2, 0.25) is 0 Å². The summed E-state index contributed by atoms with van der Waals surface area (Å²) in [5.74, 6) is 0.968. The lowest BCUT2D eigenvalue weighted by molar-refractivity contribution is 0.0734. The van der Waals surface area contributed by atoms with E-state index >= 15 is 0 Å². The molecular formula is C21H25N3O5S. The van der Waals surface area contributed by atoms with Crippen molar-refractivity contribution in [3.05, 3.63) is 47.5 Å². The molecule has 0 bridgehead atoms. The summed E-state index contributed by atoms with van der Waals surface area (Å²) in [5.41, 5.74) is 3.81. The van der Waals surface area contributed by atoms with Crippen LogP contribution in [-0.4, -0.2) is 44.7 Å². The van der Waals surface area contributed by atoms with E-state index in [1.807, 2.05) is 13.8 Å². The Balaban J connectivity index is 2.05. The molecular weight excluding hydrogens is 406 g/mol. The second-order valence-corrected chi connectivity index (χ2v) is 6.78. The second kappa shape index (κ2) is 11.0. The number of carbonyl (C=O) groups is 1. The number of hydrogen-bond acceptors (Lipinski definition) is 7. The van der Waals surface area contributed by atoms with Gasteiger partial charge in [-0.25, -0.2) is 4.79 Å². The van der Waals surface area contributed by atoms with E-state index < -0.39 is 5.97 Å². The van der Waals surface area contributed by atoms with Gasteiger partial charge in [-0.1, -0.05) is 0 Å². The molecule has 0 aromatic heterocycles. The zero-order chi connectivity index (χ0) is 22.1. The van der Waals surface area contributed by atoms with Gasteiger partial charge in [0.15, 0.2) is 16.6 Å². The fourth-order valence-corrected chi connectivity index (χ4v) is 2.74. The molecule has 30 heavy (non-hydrogen) atoms. The Morgan fingerprint density at radius 3 is 2.13 bits per heavy atom. The van der Waals surface area contributed by atoms with E-state index in [2.05, 4.69) is 15.8 Å². The monoisotopic (exact) mass is 431 g/mol.